The third-order valence-electron chi connectivity index (χ3n) is 3.66. The van der Waals surface area contributed by atoms with E-state index in [-0.39, 0.29) is 6.10 Å². The van der Waals surface area contributed by atoms with Gasteiger partial charge in [-0.05, 0) is 25.3 Å². The minimum atomic E-state index is 0.236. The second-order valence-corrected chi connectivity index (χ2v) is 6.08. The number of benzene rings is 1. The molecule has 0 bridgehead atoms. The molecule has 2 aromatic rings. The zero-order chi connectivity index (χ0) is 13.8. The average Bonchev–Trinajstić information content (AvgIpc) is 3.16. The van der Waals surface area contributed by atoms with Crippen molar-refractivity contribution in [1.29, 1.82) is 0 Å². The summed E-state index contributed by atoms with van der Waals surface area (Å²) >= 11 is 1.72. The standard InChI is InChI=1S/C16H20N2OS/c1-12(13-6-3-2-4-7-13)17-10-14-11-20-16(18-14)15-8-5-9-19-15/h2-4,6-7,11-12,15,17H,5,8-10H2,1H3/t12-,15+/m0/s1. The van der Waals surface area contributed by atoms with Gasteiger partial charge in [-0.1, -0.05) is 30.3 Å². The van der Waals surface area contributed by atoms with Gasteiger partial charge in [-0.2, -0.15) is 0 Å². The molecule has 1 aromatic heterocycles. The first-order valence-electron chi connectivity index (χ1n) is 7.17. The monoisotopic (exact) mass is 288 g/mol. The highest BCUT2D eigenvalue weighted by molar-refractivity contribution is 7.09. The first-order chi connectivity index (χ1) is 9.83. The SMILES string of the molecule is C[C@H](NCc1csc([C@H]2CCCO2)n1)c1ccccc1. The van der Waals surface area contributed by atoms with Crippen molar-refractivity contribution in [2.75, 3.05) is 6.61 Å². The Bertz CT molecular complexity index is 534. The van der Waals surface area contributed by atoms with Crippen LogP contribution >= 0.6 is 11.3 Å². The third-order valence-corrected chi connectivity index (χ3v) is 4.65. The van der Waals surface area contributed by atoms with Crippen LogP contribution in [-0.4, -0.2) is 11.6 Å². The second-order valence-electron chi connectivity index (χ2n) is 5.19. The maximum atomic E-state index is 5.67. The maximum Gasteiger partial charge on any atom is 0.122 e. The van der Waals surface area contributed by atoms with Gasteiger partial charge in [0.15, 0.2) is 0 Å². The van der Waals surface area contributed by atoms with Crippen molar-refractivity contribution in [3.05, 3.63) is 52.0 Å². The Balaban J connectivity index is 1.56. The van der Waals surface area contributed by atoms with Crippen molar-refractivity contribution in [3.8, 4) is 0 Å². The molecule has 1 fully saturated rings. The van der Waals surface area contributed by atoms with E-state index in [2.05, 4.69) is 46.9 Å². The lowest BCUT2D eigenvalue weighted by molar-refractivity contribution is 0.111. The summed E-state index contributed by atoms with van der Waals surface area (Å²) in [4.78, 5) is 4.69. The Kier molecular flexibility index (Phi) is 4.45. The molecule has 1 aliphatic rings. The molecule has 0 radical (unpaired) electrons. The number of aromatic nitrogens is 1. The van der Waals surface area contributed by atoms with E-state index >= 15 is 0 Å². The predicted molar refractivity (Wildman–Crippen MR) is 81.7 cm³/mol. The van der Waals surface area contributed by atoms with E-state index in [1.54, 1.807) is 11.3 Å². The first-order valence-corrected chi connectivity index (χ1v) is 8.05. The molecule has 2 heterocycles. The van der Waals surface area contributed by atoms with Gasteiger partial charge in [0.25, 0.3) is 0 Å². The molecule has 0 unspecified atom stereocenters. The normalized spacial score (nSPS) is 20.1. The number of nitrogens with one attached hydrogen (secondary N) is 1. The Morgan fingerprint density at radius 1 is 1.40 bits per heavy atom. The van der Waals surface area contributed by atoms with Crippen LogP contribution in [0.2, 0.25) is 0 Å². The molecule has 2 atom stereocenters. The molecule has 1 N–H and O–H groups in total. The third kappa shape index (κ3) is 3.26. The number of nitrogens with zero attached hydrogens (tertiary/aromatic N) is 1. The summed E-state index contributed by atoms with van der Waals surface area (Å²) in [6.07, 6.45) is 2.50. The van der Waals surface area contributed by atoms with Crippen LogP contribution in [0, 0.1) is 0 Å². The molecule has 3 rings (SSSR count). The number of hydrogen-bond acceptors (Lipinski definition) is 4. The van der Waals surface area contributed by atoms with Gasteiger partial charge in [-0.3, -0.25) is 0 Å². The van der Waals surface area contributed by atoms with Crippen LogP contribution in [0.3, 0.4) is 0 Å². The molecule has 20 heavy (non-hydrogen) atoms. The highest BCUT2D eigenvalue weighted by Crippen LogP contribution is 2.30. The molecule has 0 amide bonds. The summed E-state index contributed by atoms with van der Waals surface area (Å²) in [5.74, 6) is 0. The van der Waals surface area contributed by atoms with Gasteiger partial charge in [-0.15, -0.1) is 11.3 Å². The lowest BCUT2D eigenvalue weighted by atomic mass is 10.1. The summed E-state index contributed by atoms with van der Waals surface area (Å²) in [6.45, 7) is 3.87. The van der Waals surface area contributed by atoms with Crippen LogP contribution in [-0.2, 0) is 11.3 Å². The van der Waals surface area contributed by atoms with Crippen molar-refractivity contribution < 1.29 is 4.74 Å². The number of hydrogen-bond donors (Lipinski definition) is 1. The van der Waals surface area contributed by atoms with Crippen LogP contribution in [0.4, 0.5) is 0 Å². The number of ether oxygens (including phenoxy) is 1. The molecule has 106 valence electrons. The summed E-state index contributed by atoms with van der Waals surface area (Å²) in [6, 6.07) is 10.8. The van der Waals surface area contributed by atoms with E-state index in [0.29, 0.717) is 6.04 Å². The Labute approximate surface area is 124 Å². The van der Waals surface area contributed by atoms with Crippen molar-refractivity contribution >= 4 is 11.3 Å². The van der Waals surface area contributed by atoms with E-state index in [9.17, 15) is 0 Å². The summed E-state index contributed by atoms with van der Waals surface area (Å²) in [7, 11) is 0. The fourth-order valence-corrected chi connectivity index (χ4v) is 3.34. The van der Waals surface area contributed by atoms with E-state index in [1.807, 2.05) is 6.07 Å². The van der Waals surface area contributed by atoms with E-state index < -0.39 is 0 Å². The molecular weight excluding hydrogens is 268 g/mol. The molecule has 0 saturated carbocycles. The highest BCUT2D eigenvalue weighted by Gasteiger charge is 2.20. The van der Waals surface area contributed by atoms with E-state index in [4.69, 9.17) is 4.74 Å². The minimum absolute atomic E-state index is 0.236. The van der Waals surface area contributed by atoms with Crippen LogP contribution in [0.5, 0.6) is 0 Å². The fraction of sp³-hybridized carbons (Fsp3) is 0.438. The van der Waals surface area contributed by atoms with Gasteiger partial charge >= 0.3 is 0 Å². The molecule has 1 aromatic carbocycles. The quantitative estimate of drug-likeness (QED) is 0.907. The van der Waals surface area contributed by atoms with Gasteiger partial charge in [0.1, 0.15) is 11.1 Å². The van der Waals surface area contributed by atoms with Gasteiger partial charge < -0.3 is 10.1 Å². The molecule has 1 aliphatic heterocycles. The molecule has 0 aliphatic carbocycles. The number of thiazole rings is 1. The summed E-state index contributed by atoms with van der Waals surface area (Å²) in [5, 5.41) is 6.79. The first kappa shape index (κ1) is 13.7. The zero-order valence-corrected chi connectivity index (χ0v) is 12.5. The number of rotatable bonds is 5. The fourth-order valence-electron chi connectivity index (χ4n) is 2.44. The zero-order valence-electron chi connectivity index (χ0n) is 11.7. The maximum absolute atomic E-state index is 5.67. The van der Waals surface area contributed by atoms with Gasteiger partial charge in [0.05, 0.1) is 5.69 Å². The topological polar surface area (TPSA) is 34.1 Å². The molecule has 3 nitrogen and oxygen atoms in total. The molecular formula is C16H20N2OS. The van der Waals surface area contributed by atoms with Crippen LogP contribution in [0.1, 0.15) is 48.2 Å². The lowest BCUT2D eigenvalue weighted by Gasteiger charge is -2.13. The average molecular weight is 288 g/mol. The largest absolute Gasteiger partial charge is 0.371 e. The van der Waals surface area contributed by atoms with E-state index in [0.717, 1.165) is 36.7 Å². The molecule has 1 saturated heterocycles. The van der Waals surface area contributed by atoms with Gasteiger partial charge in [0.2, 0.25) is 0 Å². The van der Waals surface area contributed by atoms with Crippen molar-refractivity contribution in [2.24, 2.45) is 0 Å². The van der Waals surface area contributed by atoms with Gasteiger partial charge in [-0.25, -0.2) is 4.98 Å². The van der Waals surface area contributed by atoms with Crippen molar-refractivity contribution in [1.82, 2.24) is 10.3 Å². The lowest BCUT2D eigenvalue weighted by Crippen LogP contribution is -2.18. The smallest absolute Gasteiger partial charge is 0.122 e. The Morgan fingerprint density at radius 2 is 2.25 bits per heavy atom. The van der Waals surface area contributed by atoms with Crippen LogP contribution in [0.25, 0.3) is 0 Å². The Morgan fingerprint density at radius 3 is 3.00 bits per heavy atom. The predicted octanol–water partition coefficient (Wildman–Crippen LogP) is 3.85. The summed E-state index contributed by atoms with van der Waals surface area (Å²) < 4.78 is 5.67. The molecule has 4 heteroatoms. The van der Waals surface area contributed by atoms with Crippen LogP contribution in [0.15, 0.2) is 35.7 Å². The van der Waals surface area contributed by atoms with Crippen LogP contribution < -0.4 is 5.32 Å². The van der Waals surface area contributed by atoms with Crippen molar-refractivity contribution in [3.63, 3.8) is 0 Å². The van der Waals surface area contributed by atoms with Crippen molar-refractivity contribution in [2.45, 2.75) is 38.5 Å². The van der Waals surface area contributed by atoms with Gasteiger partial charge in [0, 0.05) is 24.6 Å². The second kappa shape index (κ2) is 6.48. The van der Waals surface area contributed by atoms with E-state index in [1.165, 1.54) is 5.56 Å². The summed E-state index contributed by atoms with van der Waals surface area (Å²) in [5.41, 5.74) is 2.42. The molecule has 0 spiro atoms. The Hall–Kier alpha value is -1.23. The minimum Gasteiger partial charge on any atom is -0.371 e. The highest BCUT2D eigenvalue weighted by atomic mass is 32.1.